The van der Waals surface area contributed by atoms with Crippen molar-refractivity contribution in [3.05, 3.63) is 95.2 Å². The van der Waals surface area contributed by atoms with Crippen molar-refractivity contribution >= 4 is 0 Å². The molecule has 7 heteroatoms. The van der Waals surface area contributed by atoms with Gasteiger partial charge >= 0.3 is 0 Å². The zero-order chi connectivity index (χ0) is 23.2. The van der Waals surface area contributed by atoms with E-state index in [0.717, 1.165) is 55.2 Å². The third-order valence-corrected chi connectivity index (χ3v) is 5.69. The lowest BCUT2D eigenvalue weighted by atomic mass is 10.1. The Kier molecular flexibility index (Phi) is 6.49. The van der Waals surface area contributed by atoms with Gasteiger partial charge < -0.3 is 13.8 Å². The third kappa shape index (κ3) is 5.24. The van der Waals surface area contributed by atoms with Crippen molar-refractivity contribution in [1.82, 2.24) is 19.6 Å². The Hall–Kier alpha value is -4.17. The molecule has 0 spiro atoms. The van der Waals surface area contributed by atoms with Gasteiger partial charge in [0.15, 0.2) is 5.76 Å². The highest BCUT2D eigenvalue weighted by molar-refractivity contribution is 5.59. The molecule has 1 aliphatic heterocycles. The number of hydrogen-bond acceptors (Lipinski definition) is 6. The predicted octanol–water partition coefficient (Wildman–Crippen LogP) is 3.69. The van der Waals surface area contributed by atoms with Crippen molar-refractivity contribution in [1.29, 1.82) is 5.26 Å². The summed E-state index contributed by atoms with van der Waals surface area (Å²) in [5.74, 6) is 7.48. The largest absolute Gasteiger partial charge is 0.379 e. The standard InChI is InChI=1S/C27H23N5O2/c28-18-27-29-11-12-32(27)20-25-17-26(34-30-25)24-9-7-22(8-10-24)2-1-21-3-5-23(6-4-21)19-31-13-15-33-16-14-31/h3-12,17H,13-16,19-20H2. The van der Waals surface area contributed by atoms with Crippen LogP contribution in [0.15, 0.2) is 71.5 Å². The molecule has 1 saturated heterocycles. The average Bonchev–Trinajstić information content (AvgIpc) is 3.54. The molecule has 0 N–H and O–H groups in total. The van der Waals surface area contributed by atoms with Crippen molar-refractivity contribution in [2.75, 3.05) is 26.3 Å². The lowest BCUT2D eigenvalue weighted by molar-refractivity contribution is 0.0342. The summed E-state index contributed by atoms with van der Waals surface area (Å²) in [6.07, 6.45) is 3.34. The van der Waals surface area contributed by atoms with E-state index in [0.29, 0.717) is 18.1 Å². The van der Waals surface area contributed by atoms with E-state index in [2.05, 4.69) is 57.2 Å². The molecule has 0 amide bonds. The van der Waals surface area contributed by atoms with Gasteiger partial charge in [0.05, 0.1) is 19.8 Å². The van der Waals surface area contributed by atoms with E-state index in [1.807, 2.05) is 30.3 Å². The Morgan fingerprint density at radius 1 is 0.912 bits per heavy atom. The molecule has 0 bridgehead atoms. The molecule has 0 atom stereocenters. The molecular weight excluding hydrogens is 426 g/mol. The van der Waals surface area contributed by atoms with Gasteiger partial charge in [-0.15, -0.1) is 0 Å². The van der Waals surface area contributed by atoms with Gasteiger partial charge in [0.25, 0.3) is 0 Å². The molecule has 3 heterocycles. The molecule has 1 fully saturated rings. The highest BCUT2D eigenvalue weighted by Gasteiger charge is 2.11. The average molecular weight is 450 g/mol. The molecule has 7 nitrogen and oxygen atoms in total. The van der Waals surface area contributed by atoms with Gasteiger partial charge in [0.2, 0.25) is 5.82 Å². The molecule has 0 aliphatic carbocycles. The number of hydrogen-bond donors (Lipinski definition) is 0. The van der Waals surface area contributed by atoms with Crippen molar-refractivity contribution in [3.8, 4) is 29.2 Å². The van der Waals surface area contributed by atoms with E-state index in [1.165, 1.54) is 5.56 Å². The Morgan fingerprint density at radius 3 is 2.32 bits per heavy atom. The van der Waals surface area contributed by atoms with Gasteiger partial charge in [-0.2, -0.15) is 5.26 Å². The van der Waals surface area contributed by atoms with Crippen LogP contribution in [0.5, 0.6) is 0 Å². The smallest absolute Gasteiger partial charge is 0.213 e. The molecule has 1 aliphatic rings. The van der Waals surface area contributed by atoms with Gasteiger partial charge in [0.1, 0.15) is 11.8 Å². The second kappa shape index (κ2) is 10.2. The summed E-state index contributed by atoms with van der Waals surface area (Å²) in [4.78, 5) is 6.40. The lowest BCUT2D eigenvalue weighted by Gasteiger charge is -2.26. The Bertz CT molecular complexity index is 1350. The van der Waals surface area contributed by atoms with Crippen molar-refractivity contribution in [2.45, 2.75) is 13.1 Å². The molecule has 34 heavy (non-hydrogen) atoms. The maximum absolute atomic E-state index is 9.09. The molecule has 0 unspecified atom stereocenters. The highest BCUT2D eigenvalue weighted by atomic mass is 16.5. The Balaban J connectivity index is 1.21. The fourth-order valence-corrected chi connectivity index (χ4v) is 3.82. The van der Waals surface area contributed by atoms with Gasteiger partial charge in [-0.25, -0.2) is 4.98 Å². The normalized spacial score (nSPS) is 13.7. The molecular formula is C27H23N5O2. The molecule has 5 rings (SSSR count). The highest BCUT2D eigenvalue weighted by Crippen LogP contribution is 2.21. The van der Waals surface area contributed by atoms with E-state index >= 15 is 0 Å². The number of nitriles is 1. The number of ether oxygens (including phenoxy) is 1. The molecule has 2 aromatic carbocycles. The van der Waals surface area contributed by atoms with E-state index < -0.39 is 0 Å². The maximum atomic E-state index is 9.09. The predicted molar refractivity (Wildman–Crippen MR) is 127 cm³/mol. The maximum Gasteiger partial charge on any atom is 0.213 e. The first-order valence-electron chi connectivity index (χ1n) is 11.2. The van der Waals surface area contributed by atoms with Crippen molar-refractivity contribution in [2.24, 2.45) is 0 Å². The fourth-order valence-electron chi connectivity index (χ4n) is 3.82. The fraction of sp³-hybridized carbons (Fsp3) is 0.222. The van der Waals surface area contributed by atoms with Gasteiger partial charge in [-0.05, 0) is 42.0 Å². The number of morpholine rings is 1. The molecule has 2 aromatic heterocycles. The molecule has 4 aromatic rings. The van der Waals surface area contributed by atoms with E-state index in [1.54, 1.807) is 17.0 Å². The zero-order valence-electron chi connectivity index (χ0n) is 18.6. The quantitative estimate of drug-likeness (QED) is 0.433. The van der Waals surface area contributed by atoms with Gasteiger partial charge in [-0.1, -0.05) is 29.1 Å². The van der Waals surface area contributed by atoms with Crippen LogP contribution in [-0.4, -0.2) is 45.9 Å². The van der Waals surface area contributed by atoms with Crippen LogP contribution in [0.4, 0.5) is 0 Å². The van der Waals surface area contributed by atoms with Crippen LogP contribution >= 0.6 is 0 Å². The van der Waals surface area contributed by atoms with E-state index in [-0.39, 0.29) is 0 Å². The number of rotatable bonds is 5. The monoisotopic (exact) mass is 449 g/mol. The van der Waals surface area contributed by atoms with Crippen LogP contribution in [0, 0.1) is 23.2 Å². The minimum atomic E-state index is 0.346. The van der Waals surface area contributed by atoms with Crippen molar-refractivity contribution in [3.63, 3.8) is 0 Å². The summed E-state index contributed by atoms with van der Waals surface area (Å²) in [6.45, 7) is 4.98. The summed E-state index contributed by atoms with van der Waals surface area (Å²) in [7, 11) is 0. The summed E-state index contributed by atoms with van der Waals surface area (Å²) >= 11 is 0. The summed E-state index contributed by atoms with van der Waals surface area (Å²) < 4.78 is 12.6. The summed E-state index contributed by atoms with van der Waals surface area (Å²) in [5, 5.41) is 13.2. The number of imidazole rings is 1. The minimum Gasteiger partial charge on any atom is -0.379 e. The topological polar surface area (TPSA) is 80.1 Å². The van der Waals surface area contributed by atoms with Crippen molar-refractivity contribution < 1.29 is 9.26 Å². The summed E-state index contributed by atoms with van der Waals surface area (Å²) in [5.41, 5.74) is 4.86. The number of aromatic nitrogens is 3. The summed E-state index contributed by atoms with van der Waals surface area (Å²) in [6, 6.07) is 20.3. The number of nitrogens with zero attached hydrogens (tertiary/aromatic N) is 5. The van der Waals surface area contributed by atoms with Crippen LogP contribution in [0.25, 0.3) is 11.3 Å². The second-order valence-electron chi connectivity index (χ2n) is 8.09. The van der Waals surface area contributed by atoms with Crippen LogP contribution in [0.1, 0.15) is 28.2 Å². The second-order valence-corrected chi connectivity index (χ2v) is 8.09. The first-order valence-corrected chi connectivity index (χ1v) is 11.2. The first-order chi connectivity index (χ1) is 16.8. The van der Waals surface area contributed by atoms with Crippen LogP contribution in [0.3, 0.4) is 0 Å². The van der Waals surface area contributed by atoms with E-state index in [4.69, 9.17) is 14.5 Å². The molecule has 0 saturated carbocycles. The number of benzene rings is 2. The molecule has 168 valence electrons. The van der Waals surface area contributed by atoms with Gasteiger partial charge in [0, 0.05) is 54.8 Å². The van der Waals surface area contributed by atoms with E-state index in [9.17, 15) is 0 Å². The van der Waals surface area contributed by atoms with Gasteiger partial charge in [-0.3, -0.25) is 4.90 Å². The molecule has 0 radical (unpaired) electrons. The Labute approximate surface area is 198 Å². The zero-order valence-corrected chi connectivity index (χ0v) is 18.6. The van der Waals surface area contributed by atoms with Crippen LogP contribution in [-0.2, 0) is 17.8 Å². The SMILES string of the molecule is N#Cc1nccn1Cc1cc(-c2ccc(C#Cc3ccc(CN4CCOCC4)cc3)cc2)on1. The third-order valence-electron chi connectivity index (χ3n) is 5.69. The van der Waals surface area contributed by atoms with Crippen LogP contribution < -0.4 is 0 Å². The van der Waals surface area contributed by atoms with Crippen LogP contribution in [0.2, 0.25) is 0 Å². The first kappa shape index (κ1) is 21.7. The minimum absolute atomic E-state index is 0.346. The lowest BCUT2D eigenvalue weighted by Crippen LogP contribution is -2.35. The Morgan fingerprint density at radius 2 is 1.62 bits per heavy atom.